The van der Waals surface area contributed by atoms with E-state index in [1.165, 1.54) is 0 Å². The van der Waals surface area contributed by atoms with Crippen molar-refractivity contribution in [2.45, 2.75) is 20.3 Å². The summed E-state index contributed by atoms with van der Waals surface area (Å²) in [7, 11) is 0. The summed E-state index contributed by atoms with van der Waals surface area (Å²) in [5, 5.41) is 8.20. The minimum Gasteiger partial charge on any atom is -0.465 e. The first kappa shape index (κ1) is 14.7. The first-order valence-corrected chi connectivity index (χ1v) is 5.58. The summed E-state index contributed by atoms with van der Waals surface area (Å²) in [6.07, 6.45) is 0.862. The average molecular weight is 231 g/mol. The Hall–Kier alpha value is -1.30. The van der Waals surface area contributed by atoms with Crippen LogP contribution in [-0.4, -0.2) is 44.8 Å². The van der Waals surface area contributed by atoms with Crippen LogP contribution >= 0.6 is 0 Å². The number of carbonyl (C=O) groups is 2. The molecule has 0 bridgehead atoms. The van der Waals surface area contributed by atoms with Gasteiger partial charge >= 0.3 is 12.0 Å². The molecule has 0 spiro atoms. The van der Waals surface area contributed by atoms with E-state index >= 15 is 0 Å². The molecule has 6 heteroatoms. The van der Waals surface area contributed by atoms with Crippen molar-refractivity contribution in [3.05, 3.63) is 0 Å². The van der Waals surface area contributed by atoms with Gasteiger partial charge in [0.2, 0.25) is 0 Å². The summed E-state index contributed by atoms with van der Waals surface area (Å²) in [4.78, 5) is 22.0. The molecule has 0 saturated carbocycles. The van der Waals surface area contributed by atoms with E-state index in [1.54, 1.807) is 6.92 Å². The summed E-state index contributed by atoms with van der Waals surface area (Å²) in [6.45, 7) is 6.36. The highest BCUT2D eigenvalue weighted by Crippen LogP contribution is 1.77. The zero-order chi connectivity index (χ0) is 12.2. The van der Waals surface area contributed by atoms with Crippen LogP contribution in [0.4, 0.5) is 4.79 Å². The van der Waals surface area contributed by atoms with Crippen molar-refractivity contribution in [3.8, 4) is 0 Å². The largest absolute Gasteiger partial charge is 0.465 e. The molecule has 0 unspecified atom stereocenters. The molecule has 0 fully saturated rings. The highest BCUT2D eigenvalue weighted by molar-refractivity contribution is 5.80. The molecule has 0 heterocycles. The van der Waals surface area contributed by atoms with Crippen molar-refractivity contribution in [1.82, 2.24) is 16.0 Å². The third-order valence-electron chi connectivity index (χ3n) is 1.76. The Morgan fingerprint density at radius 2 is 1.88 bits per heavy atom. The van der Waals surface area contributed by atoms with Crippen molar-refractivity contribution in [2.75, 3.05) is 32.8 Å². The molecule has 0 radical (unpaired) electrons. The third kappa shape index (κ3) is 9.26. The molecule has 2 amide bonds. The zero-order valence-electron chi connectivity index (χ0n) is 9.97. The van der Waals surface area contributed by atoms with Crippen LogP contribution in [0.5, 0.6) is 0 Å². The summed E-state index contributed by atoms with van der Waals surface area (Å²) >= 11 is 0. The minimum atomic E-state index is -0.426. The number of hydrogen-bond acceptors (Lipinski definition) is 4. The van der Waals surface area contributed by atoms with E-state index in [0.717, 1.165) is 19.5 Å². The third-order valence-corrected chi connectivity index (χ3v) is 1.76. The SMILES string of the molecule is CCNCCCNC(=O)NCC(=O)OCC. The molecule has 3 N–H and O–H groups in total. The molecule has 0 aromatic carbocycles. The van der Waals surface area contributed by atoms with E-state index in [9.17, 15) is 9.59 Å². The fraction of sp³-hybridized carbons (Fsp3) is 0.800. The molecule has 0 saturated heterocycles. The Morgan fingerprint density at radius 1 is 1.12 bits per heavy atom. The molecule has 0 rings (SSSR count). The number of nitrogens with one attached hydrogen (secondary N) is 3. The smallest absolute Gasteiger partial charge is 0.325 e. The first-order valence-electron chi connectivity index (χ1n) is 5.58. The summed E-state index contributed by atoms with van der Waals surface area (Å²) in [5.74, 6) is -0.426. The van der Waals surface area contributed by atoms with Gasteiger partial charge < -0.3 is 20.7 Å². The van der Waals surface area contributed by atoms with Crippen LogP contribution in [-0.2, 0) is 9.53 Å². The van der Waals surface area contributed by atoms with E-state index in [0.29, 0.717) is 13.2 Å². The summed E-state index contributed by atoms with van der Waals surface area (Å²) < 4.78 is 4.66. The normalized spacial score (nSPS) is 9.62. The fourth-order valence-corrected chi connectivity index (χ4v) is 1.02. The minimum absolute atomic E-state index is 0.0904. The van der Waals surface area contributed by atoms with Gasteiger partial charge in [-0.1, -0.05) is 6.92 Å². The Kier molecular flexibility index (Phi) is 9.39. The van der Waals surface area contributed by atoms with Gasteiger partial charge in [0.25, 0.3) is 0 Å². The Balaban J connectivity index is 3.34. The van der Waals surface area contributed by atoms with Crippen molar-refractivity contribution < 1.29 is 14.3 Å². The topological polar surface area (TPSA) is 79.5 Å². The van der Waals surface area contributed by atoms with Crippen LogP contribution in [0.2, 0.25) is 0 Å². The summed E-state index contributed by atoms with van der Waals surface area (Å²) in [5.41, 5.74) is 0. The van der Waals surface area contributed by atoms with Crippen molar-refractivity contribution in [1.29, 1.82) is 0 Å². The maximum Gasteiger partial charge on any atom is 0.325 e. The lowest BCUT2D eigenvalue weighted by Crippen LogP contribution is -2.39. The molecule has 0 atom stereocenters. The number of hydrogen-bond donors (Lipinski definition) is 3. The molecule has 0 aromatic heterocycles. The number of rotatable bonds is 8. The molecule has 6 nitrogen and oxygen atoms in total. The molecule has 0 aromatic rings. The molecular formula is C10H21N3O3. The number of urea groups is 1. The van der Waals surface area contributed by atoms with Crippen molar-refractivity contribution in [3.63, 3.8) is 0 Å². The maximum atomic E-state index is 11.1. The lowest BCUT2D eigenvalue weighted by Gasteiger charge is -2.07. The van der Waals surface area contributed by atoms with Gasteiger partial charge in [-0.05, 0) is 26.4 Å². The molecule has 0 aliphatic heterocycles. The van der Waals surface area contributed by atoms with Gasteiger partial charge in [0.1, 0.15) is 6.54 Å². The second-order valence-electron chi connectivity index (χ2n) is 3.12. The van der Waals surface area contributed by atoms with Crippen LogP contribution in [0.15, 0.2) is 0 Å². The van der Waals surface area contributed by atoms with Gasteiger partial charge in [-0.25, -0.2) is 4.79 Å². The fourth-order valence-electron chi connectivity index (χ4n) is 1.02. The van der Waals surface area contributed by atoms with E-state index < -0.39 is 5.97 Å². The van der Waals surface area contributed by atoms with Gasteiger partial charge in [0, 0.05) is 6.54 Å². The maximum absolute atomic E-state index is 11.1. The van der Waals surface area contributed by atoms with Crippen LogP contribution in [0.3, 0.4) is 0 Å². The predicted octanol–water partition coefficient (Wildman–Crippen LogP) is -0.152. The Morgan fingerprint density at radius 3 is 2.50 bits per heavy atom. The first-order chi connectivity index (χ1) is 7.70. The average Bonchev–Trinajstić information content (AvgIpc) is 2.26. The Labute approximate surface area is 96.1 Å². The van der Waals surface area contributed by atoms with Gasteiger partial charge in [-0.15, -0.1) is 0 Å². The van der Waals surface area contributed by atoms with E-state index in [-0.39, 0.29) is 12.6 Å². The number of esters is 1. The lowest BCUT2D eigenvalue weighted by atomic mass is 10.4. The molecule has 0 aliphatic carbocycles. The second kappa shape index (κ2) is 10.2. The molecular weight excluding hydrogens is 210 g/mol. The molecule has 0 aliphatic rings. The van der Waals surface area contributed by atoms with Gasteiger partial charge in [0.15, 0.2) is 0 Å². The van der Waals surface area contributed by atoms with Crippen molar-refractivity contribution in [2.24, 2.45) is 0 Å². The van der Waals surface area contributed by atoms with Crippen LogP contribution < -0.4 is 16.0 Å². The standard InChI is InChI=1S/C10H21N3O3/c1-3-11-6-5-7-12-10(15)13-8-9(14)16-4-2/h11H,3-8H2,1-2H3,(H2,12,13,15). The second-order valence-corrected chi connectivity index (χ2v) is 3.12. The van der Waals surface area contributed by atoms with Crippen molar-refractivity contribution >= 4 is 12.0 Å². The predicted molar refractivity (Wildman–Crippen MR) is 61.2 cm³/mol. The van der Waals surface area contributed by atoms with Gasteiger partial charge in [-0.3, -0.25) is 4.79 Å². The molecule has 16 heavy (non-hydrogen) atoms. The van der Waals surface area contributed by atoms with Crippen LogP contribution in [0.25, 0.3) is 0 Å². The highest BCUT2D eigenvalue weighted by Gasteiger charge is 2.04. The monoisotopic (exact) mass is 231 g/mol. The van der Waals surface area contributed by atoms with Gasteiger partial charge in [-0.2, -0.15) is 0 Å². The Bertz CT molecular complexity index is 209. The quantitative estimate of drug-likeness (QED) is 0.401. The van der Waals surface area contributed by atoms with Crippen LogP contribution in [0.1, 0.15) is 20.3 Å². The molecule has 94 valence electrons. The highest BCUT2D eigenvalue weighted by atomic mass is 16.5. The van der Waals surface area contributed by atoms with E-state index in [2.05, 4.69) is 20.7 Å². The van der Waals surface area contributed by atoms with Gasteiger partial charge in [0.05, 0.1) is 6.61 Å². The summed E-state index contributed by atoms with van der Waals surface area (Å²) in [6, 6.07) is -0.343. The zero-order valence-corrected chi connectivity index (χ0v) is 9.97. The van der Waals surface area contributed by atoms with E-state index in [1.807, 2.05) is 6.92 Å². The lowest BCUT2D eigenvalue weighted by molar-refractivity contribution is -0.141. The number of amides is 2. The van der Waals surface area contributed by atoms with Crippen LogP contribution in [0, 0.1) is 0 Å². The number of ether oxygens (including phenoxy) is 1. The number of carbonyl (C=O) groups excluding carboxylic acids is 2. The van der Waals surface area contributed by atoms with E-state index in [4.69, 9.17) is 0 Å².